The van der Waals surface area contributed by atoms with Crippen molar-refractivity contribution in [2.45, 2.75) is 26.7 Å². The van der Waals surface area contributed by atoms with Crippen molar-refractivity contribution in [2.75, 3.05) is 32.1 Å². The van der Waals surface area contributed by atoms with Crippen LogP contribution in [0.15, 0.2) is 53.5 Å². The molecule has 2 aromatic rings. The molecule has 0 atom stereocenters. The molecule has 0 saturated carbocycles. The standard InChI is InChI=1S/C22H30N4O2.HI/c1-4-23-22(25-16-14-19-7-5-6-8-21(19)28-3)24-15-13-18-9-11-20(12-10-18)26-17(2)27;/h5-12H,4,13-16H2,1-3H3,(H,26,27)(H2,23,24,25);1H. The summed E-state index contributed by atoms with van der Waals surface area (Å²) in [6.45, 7) is 5.83. The van der Waals surface area contributed by atoms with E-state index in [0.717, 1.165) is 48.9 Å². The number of methoxy groups -OCH3 is 1. The highest BCUT2D eigenvalue weighted by Gasteiger charge is 2.02. The lowest BCUT2D eigenvalue weighted by Crippen LogP contribution is -2.38. The number of para-hydroxylation sites is 1. The lowest BCUT2D eigenvalue weighted by molar-refractivity contribution is -0.114. The number of nitrogens with one attached hydrogen (secondary N) is 3. The van der Waals surface area contributed by atoms with Crippen molar-refractivity contribution in [1.82, 2.24) is 10.6 Å². The zero-order chi connectivity index (χ0) is 20.2. The monoisotopic (exact) mass is 510 g/mol. The lowest BCUT2D eigenvalue weighted by Gasteiger charge is -2.12. The molecule has 2 aromatic carbocycles. The smallest absolute Gasteiger partial charge is 0.221 e. The molecule has 7 heteroatoms. The van der Waals surface area contributed by atoms with Gasteiger partial charge in [-0.15, -0.1) is 24.0 Å². The molecule has 29 heavy (non-hydrogen) atoms. The number of rotatable bonds is 9. The Morgan fingerprint density at radius 1 is 1.03 bits per heavy atom. The maximum Gasteiger partial charge on any atom is 0.221 e. The summed E-state index contributed by atoms with van der Waals surface area (Å²) in [5, 5.41) is 9.42. The second kappa shape index (κ2) is 13.8. The number of carbonyl (C=O) groups excluding carboxylic acids is 1. The summed E-state index contributed by atoms with van der Waals surface area (Å²) in [5.74, 6) is 1.65. The second-order valence-electron chi connectivity index (χ2n) is 6.38. The molecule has 3 N–H and O–H groups in total. The quantitative estimate of drug-likeness (QED) is 0.274. The van der Waals surface area contributed by atoms with Gasteiger partial charge in [0.05, 0.1) is 7.11 Å². The van der Waals surface area contributed by atoms with Crippen molar-refractivity contribution in [3.8, 4) is 5.75 Å². The first-order valence-electron chi connectivity index (χ1n) is 9.63. The summed E-state index contributed by atoms with van der Waals surface area (Å²) < 4.78 is 5.39. The molecule has 0 aliphatic rings. The van der Waals surface area contributed by atoms with Crippen molar-refractivity contribution < 1.29 is 9.53 Å². The van der Waals surface area contributed by atoms with Gasteiger partial charge in [0.25, 0.3) is 0 Å². The van der Waals surface area contributed by atoms with E-state index in [1.54, 1.807) is 7.11 Å². The Morgan fingerprint density at radius 2 is 1.76 bits per heavy atom. The molecule has 6 nitrogen and oxygen atoms in total. The predicted molar refractivity (Wildman–Crippen MR) is 131 cm³/mol. The summed E-state index contributed by atoms with van der Waals surface area (Å²) in [7, 11) is 1.69. The van der Waals surface area contributed by atoms with Gasteiger partial charge in [0, 0.05) is 32.2 Å². The van der Waals surface area contributed by atoms with Crippen LogP contribution in [0.25, 0.3) is 0 Å². The van der Waals surface area contributed by atoms with Crippen LogP contribution in [0, 0.1) is 0 Å². The SMILES string of the molecule is CCNC(=NCCc1ccccc1OC)NCCc1ccc(NC(C)=O)cc1.I. The van der Waals surface area contributed by atoms with Gasteiger partial charge in [-0.25, -0.2) is 0 Å². The topological polar surface area (TPSA) is 74.8 Å². The Bertz CT molecular complexity index is 779. The number of hydrogen-bond acceptors (Lipinski definition) is 3. The first-order chi connectivity index (χ1) is 13.6. The number of ether oxygens (including phenoxy) is 1. The van der Waals surface area contributed by atoms with Crippen LogP contribution >= 0.6 is 24.0 Å². The maximum atomic E-state index is 11.1. The van der Waals surface area contributed by atoms with E-state index in [0.29, 0.717) is 6.54 Å². The van der Waals surface area contributed by atoms with E-state index in [1.165, 1.54) is 12.5 Å². The molecule has 0 aliphatic heterocycles. The first-order valence-corrected chi connectivity index (χ1v) is 9.63. The Kier molecular flexibility index (Phi) is 11.8. The third-order valence-electron chi connectivity index (χ3n) is 4.17. The highest BCUT2D eigenvalue weighted by Crippen LogP contribution is 2.17. The van der Waals surface area contributed by atoms with E-state index in [9.17, 15) is 4.79 Å². The van der Waals surface area contributed by atoms with Crippen LogP contribution in [0.3, 0.4) is 0 Å². The van der Waals surface area contributed by atoms with Crippen LogP contribution in [0.1, 0.15) is 25.0 Å². The molecule has 0 aliphatic carbocycles. The molecular weight excluding hydrogens is 479 g/mol. The number of guanidine groups is 1. The van der Waals surface area contributed by atoms with E-state index < -0.39 is 0 Å². The number of carbonyl (C=O) groups is 1. The summed E-state index contributed by atoms with van der Waals surface area (Å²) in [6.07, 6.45) is 1.70. The summed E-state index contributed by atoms with van der Waals surface area (Å²) in [4.78, 5) is 15.7. The highest BCUT2D eigenvalue weighted by molar-refractivity contribution is 14.0. The molecule has 0 saturated heterocycles. The van der Waals surface area contributed by atoms with E-state index >= 15 is 0 Å². The van der Waals surface area contributed by atoms with Crippen molar-refractivity contribution in [3.05, 3.63) is 59.7 Å². The zero-order valence-corrected chi connectivity index (χ0v) is 19.7. The van der Waals surface area contributed by atoms with Gasteiger partial charge in [-0.3, -0.25) is 9.79 Å². The van der Waals surface area contributed by atoms with Crippen LogP contribution in [0.2, 0.25) is 0 Å². The minimum atomic E-state index is -0.0611. The van der Waals surface area contributed by atoms with E-state index in [-0.39, 0.29) is 29.9 Å². The molecular formula is C22H31IN4O2. The molecule has 0 aromatic heterocycles. The molecule has 0 heterocycles. The van der Waals surface area contributed by atoms with Crippen molar-refractivity contribution >= 4 is 41.5 Å². The molecule has 158 valence electrons. The van der Waals surface area contributed by atoms with Gasteiger partial charge >= 0.3 is 0 Å². The normalized spacial score (nSPS) is 10.7. The third-order valence-corrected chi connectivity index (χ3v) is 4.17. The molecule has 0 spiro atoms. The Balaban J connectivity index is 0.00000420. The van der Waals surface area contributed by atoms with Crippen molar-refractivity contribution in [2.24, 2.45) is 4.99 Å². The molecule has 0 fully saturated rings. The van der Waals surface area contributed by atoms with E-state index in [1.807, 2.05) is 42.5 Å². The summed E-state index contributed by atoms with van der Waals surface area (Å²) in [6, 6.07) is 15.9. The number of nitrogens with zero attached hydrogens (tertiary/aromatic N) is 1. The van der Waals surface area contributed by atoms with Gasteiger partial charge < -0.3 is 20.7 Å². The number of amides is 1. The first kappa shape index (κ1) is 24.7. The molecule has 0 unspecified atom stereocenters. The number of anilines is 1. The number of aliphatic imine (C=N–C) groups is 1. The van der Waals surface area contributed by atoms with Gasteiger partial charge in [0.15, 0.2) is 5.96 Å². The number of halogens is 1. The highest BCUT2D eigenvalue weighted by atomic mass is 127. The van der Waals surface area contributed by atoms with Crippen LogP contribution in [0.4, 0.5) is 5.69 Å². The van der Waals surface area contributed by atoms with Crippen LogP contribution in [-0.2, 0) is 17.6 Å². The van der Waals surface area contributed by atoms with Gasteiger partial charge in [-0.2, -0.15) is 0 Å². The van der Waals surface area contributed by atoms with Gasteiger partial charge in [-0.05, 0) is 49.1 Å². The fraction of sp³-hybridized carbons (Fsp3) is 0.364. The van der Waals surface area contributed by atoms with Crippen molar-refractivity contribution in [1.29, 1.82) is 0 Å². The summed E-state index contributed by atoms with van der Waals surface area (Å²) >= 11 is 0. The minimum absolute atomic E-state index is 0. The van der Waals surface area contributed by atoms with Crippen LogP contribution < -0.4 is 20.7 Å². The maximum absolute atomic E-state index is 11.1. The van der Waals surface area contributed by atoms with E-state index in [4.69, 9.17) is 4.74 Å². The summed E-state index contributed by atoms with van der Waals surface area (Å²) in [5.41, 5.74) is 3.17. The molecule has 1 amide bonds. The van der Waals surface area contributed by atoms with Gasteiger partial charge in [0.2, 0.25) is 5.91 Å². The fourth-order valence-corrected chi connectivity index (χ4v) is 2.82. The van der Waals surface area contributed by atoms with Gasteiger partial charge in [0.1, 0.15) is 5.75 Å². The van der Waals surface area contributed by atoms with Crippen LogP contribution in [-0.4, -0.2) is 38.6 Å². The fourth-order valence-electron chi connectivity index (χ4n) is 2.82. The average molecular weight is 510 g/mol. The van der Waals surface area contributed by atoms with Crippen LogP contribution in [0.5, 0.6) is 5.75 Å². The van der Waals surface area contributed by atoms with E-state index in [2.05, 4.69) is 33.9 Å². The average Bonchev–Trinajstić information content (AvgIpc) is 2.69. The molecule has 2 rings (SSSR count). The third kappa shape index (κ3) is 9.17. The number of benzene rings is 2. The molecule has 0 bridgehead atoms. The Hall–Kier alpha value is -2.29. The predicted octanol–water partition coefficient (Wildman–Crippen LogP) is 3.61. The van der Waals surface area contributed by atoms with Crippen molar-refractivity contribution in [3.63, 3.8) is 0 Å². The Morgan fingerprint density at radius 3 is 2.41 bits per heavy atom. The lowest BCUT2D eigenvalue weighted by atomic mass is 10.1. The molecule has 0 radical (unpaired) electrons. The largest absolute Gasteiger partial charge is 0.496 e. The Labute approximate surface area is 190 Å². The number of hydrogen-bond donors (Lipinski definition) is 3. The second-order valence-corrected chi connectivity index (χ2v) is 6.38. The van der Waals surface area contributed by atoms with Gasteiger partial charge in [-0.1, -0.05) is 30.3 Å². The minimum Gasteiger partial charge on any atom is -0.496 e. The zero-order valence-electron chi connectivity index (χ0n) is 17.3.